The highest BCUT2D eigenvalue weighted by atomic mass is 15.1. The summed E-state index contributed by atoms with van der Waals surface area (Å²) in [5, 5.41) is 0. The average Bonchev–Trinajstić information content (AvgIpc) is 2.41. The number of unbranched alkanes of at least 4 members (excludes halogenated alkanes) is 1. The number of hydrogen-bond donors (Lipinski definition) is 1. The van der Waals surface area contributed by atoms with Crippen LogP contribution in [0.4, 0.5) is 0 Å². The van der Waals surface area contributed by atoms with Crippen LogP contribution in [0.5, 0.6) is 0 Å². The molecule has 0 saturated carbocycles. The molecule has 0 fully saturated rings. The number of rotatable bonds is 5. The Balaban J connectivity index is 1.85. The van der Waals surface area contributed by atoms with Gasteiger partial charge in [0.1, 0.15) is 0 Å². The van der Waals surface area contributed by atoms with Crippen LogP contribution in [0, 0.1) is 0 Å². The van der Waals surface area contributed by atoms with Crippen molar-refractivity contribution in [3.8, 4) is 0 Å². The summed E-state index contributed by atoms with van der Waals surface area (Å²) in [5.74, 6) is 0.883. The Labute approximate surface area is 103 Å². The van der Waals surface area contributed by atoms with Gasteiger partial charge in [0.25, 0.3) is 0 Å². The summed E-state index contributed by atoms with van der Waals surface area (Å²) in [4.78, 5) is 11.0. The summed E-state index contributed by atoms with van der Waals surface area (Å²) in [6.07, 6.45) is 9.22. The van der Waals surface area contributed by atoms with Crippen LogP contribution in [-0.4, -0.2) is 41.0 Å². The lowest BCUT2D eigenvalue weighted by atomic mass is 10.1. The third-order valence-corrected chi connectivity index (χ3v) is 3.07. The minimum Gasteiger partial charge on any atom is -0.330 e. The minimum atomic E-state index is 0.798. The lowest BCUT2D eigenvalue weighted by Gasteiger charge is -2.25. The Hall–Kier alpha value is -1.26. The van der Waals surface area contributed by atoms with E-state index in [0.717, 1.165) is 44.8 Å². The van der Waals surface area contributed by atoms with Crippen LogP contribution in [0.25, 0.3) is 5.57 Å². The maximum absolute atomic E-state index is 5.50. The maximum atomic E-state index is 5.50. The average molecular weight is 232 g/mol. The molecule has 0 bridgehead atoms. The quantitative estimate of drug-likeness (QED) is 0.778. The Bertz CT molecular complexity index is 361. The zero-order valence-corrected chi connectivity index (χ0v) is 10.2. The van der Waals surface area contributed by atoms with Gasteiger partial charge in [-0.1, -0.05) is 6.08 Å². The van der Waals surface area contributed by atoms with Crippen molar-refractivity contribution in [3.63, 3.8) is 0 Å². The Kier molecular flexibility index (Phi) is 4.64. The molecule has 17 heavy (non-hydrogen) atoms. The van der Waals surface area contributed by atoms with Crippen LogP contribution >= 0.6 is 0 Å². The van der Waals surface area contributed by atoms with E-state index < -0.39 is 0 Å². The summed E-state index contributed by atoms with van der Waals surface area (Å²) in [7, 11) is 0. The Morgan fingerprint density at radius 1 is 1.24 bits per heavy atom. The van der Waals surface area contributed by atoms with Crippen molar-refractivity contribution in [2.24, 2.45) is 5.73 Å². The molecule has 4 heteroatoms. The van der Waals surface area contributed by atoms with Crippen LogP contribution in [-0.2, 0) is 0 Å². The molecule has 0 saturated heterocycles. The highest BCUT2D eigenvalue weighted by Crippen LogP contribution is 2.18. The fourth-order valence-corrected chi connectivity index (χ4v) is 2.06. The summed E-state index contributed by atoms with van der Waals surface area (Å²) in [5.41, 5.74) is 6.77. The molecule has 2 rings (SSSR count). The van der Waals surface area contributed by atoms with Crippen molar-refractivity contribution in [3.05, 3.63) is 30.4 Å². The van der Waals surface area contributed by atoms with Gasteiger partial charge in [0, 0.05) is 25.5 Å². The van der Waals surface area contributed by atoms with Crippen LogP contribution in [0.1, 0.15) is 25.1 Å². The zero-order chi connectivity index (χ0) is 11.9. The summed E-state index contributed by atoms with van der Waals surface area (Å²) < 4.78 is 0. The number of nitrogens with two attached hydrogens (primary N) is 1. The summed E-state index contributed by atoms with van der Waals surface area (Å²) >= 11 is 0. The molecule has 92 valence electrons. The first kappa shape index (κ1) is 12.2. The molecule has 1 aromatic rings. The molecule has 2 N–H and O–H groups in total. The Morgan fingerprint density at radius 2 is 2.06 bits per heavy atom. The fraction of sp³-hybridized carbons (Fsp3) is 0.538. The smallest absolute Gasteiger partial charge is 0.154 e. The van der Waals surface area contributed by atoms with E-state index in [1.807, 2.05) is 6.07 Å². The number of hydrogen-bond acceptors (Lipinski definition) is 4. The van der Waals surface area contributed by atoms with E-state index in [0.29, 0.717) is 0 Å². The first-order valence-electron chi connectivity index (χ1n) is 6.29. The van der Waals surface area contributed by atoms with Crippen molar-refractivity contribution < 1.29 is 0 Å². The predicted octanol–water partition coefficient (Wildman–Crippen LogP) is 1.30. The van der Waals surface area contributed by atoms with E-state index in [9.17, 15) is 0 Å². The van der Waals surface area contributed by atoms with Gasteiger partial charge in [0.05, 0.1) is 0 Å². The second kappa shape index (κ2) is 6.47. The Morgan fingerprint density at radius 3 is 2.71 bits per heavy atom. The minimum absolute atomic E-state index is 0.798. The topological polar surface area (TPSA) is 55.0 Å². The third-order valence-electron chi connectivity index (χ3n) is 3.07. The molecular formula is C13H20N4. The first-order valence-corrected chi connectivity index (χ1v) is 6.29. The molecule has 1 aromatic heterocycles. The van der Waals surface area contributed by atoms with Gasteiger partial charge in [-0.2, -0.15) is 0 Å². The normalized spacial score (nSPS) is 16.9. The third kappa shape index (κ3) is 3.61. The van der Waals surface area contributed by atoms with Crippen molar-refractivity contribution in [2.75, 3.05) is 26.2 Å². The number of nitrogens with zero attached hydrogens (tertiary/aromatic N) is 3. The van der Waals surface area contributed by atoms with Crippen molar-refractivity contribution in [2.45, 2.75) is 19.3 Å². The molecule has 0 unspecified atom stereocenters. The SMILES string of the molecule is NCCCCN1CC=C(c2ncccn2)CC1. The van der Waals surface area contributed by atoms with Crippen molar-refractivity contribution in [1.82, 2.24) is 14.9 Å². The maximum Gasteiger partial charge on any atom is 0.154 e. The second-order valence-electron chi connectivity index (χ2n) is 4.35. The fourth-order valence-electron chi connectivity index (χ4n) is 2.06. The summed E-state index contributed by atoms with van der Waals surface area (Å²) in [6.45, 7) is 4.07. The molecule has 2 heterocycles. The van der Waals surface area contributed by atoms with Crippen LogP contribution in [0.2, 0.25) is 0 Å². The van der Waals surface area contributed by atoms with Gasteiger partial charge < -0.3 is 5.73 Å². The largest absolute Gasteiger partial charge is 0.330 e. The molecule has 0 radical (unpaired) electrons. The number of aromatic nitrogens is 2. The van der Waals surface area contributed by atoms with Gasteiger partial charge in [0.2, 0.25) is 0 Å². The van der Waals surface area contributed by atoms with Gasteiger partial charge in [-0.3, -0.25) is 4.90 Å². The van der Waals surface area contributed by atoms with E-state index >= 15 is 0 Å². The predicted molar refractivity (Wildman–Crippen MR) is 69.4 cm³/mol. The molecule has 4 nitrogen and oxygen atoms in total. The lowest BCUT2D eigenvalue weighted by Crippen LogP contribution is -2.30. The van der Waals surface area contributed by atoms with E-state index in [2.05, 4.69) is 20.9 Å². The molecule has 1 aliphatic heterocycles. The zero-order valence-electron chi connectivity index (χ0n) is 10.2. The highest BCUT2D eigenvalue weighted by Gasteiger charge is 2.13. The first-order chi connectivity index (χ1) is 8.40. The van der Waals surface area contributed by atoms with E-state index in [4.69, 9.17) is 5.73 Å². The summed E-state index contributed by atoms with van der Waals surface area (Å²) in [6, 6.07) is 1.85. The lowest BCUT2D eigenvalue weighted by molar-refractivity contribution is 0.295. The van der Waals surface area contributed by atoms with Crippen LogP contribution in [0.15, 0.2) is 24.5 Å². The monoisotopic (exact) mass is 232 g/mol. The molecule has 1 aliphatic rings. The molecule has 0 atom stereocenters. The highest BCUT2D eigenvalue weighted by molar-refractivity contribution is 5.60. The van der Waals surface area contributed by atoms with Gasteiger partial charge in [-0.15, -0.1) is 0 Å². The standard InChI is InChI=1S/C13H20N4/c14-6-1-2-9-17-10-4-12(5-11-17)13-15-7-3-8-16-13/h3-4,7-8H,1-2,5-6,9-11,14H2. The van der Waals surface area contributed by atoms with Crippen LogP contribution in [0.3, 0.4) is 0 Å². The van der Waals surface area contributed by atoms with Crippen LogP contribution < -0.4 is 5.73 Å². The molecule has 0 amide bonds. The van der Waals surface area contributed by atoms with Crippen molar-refractivity contribution >= 4 is 5.57 Å². The van der Waals surface area contributed by atoms with Gasteiger partial charge in [-0.25, -0.2) is 9.97 Å². The molecule has 0 aromatic carbocycles. The molecular weight excluding hydrogens is 212 g/mol. The molecule has 0 spiro atoms. The second-order valence-corrected chi connectivity index (χ2v) is 4.35. The van der Waals surface area contributed by atoms with Gasteiger partial charge in [-0.05, 0) is 44.0 Å². The van der Waals surface area contributed by atoms with Crippen molar-refractivity contribution in [1.29, 1.82) is 0 Å². The van der Waals surface area contributed by atoms with Gasteiger partial charge >= 0.3 is 0 Å². The van der Waals surface area contributed by atoms with E-state index in [1.165, 1.54) is 12.0 Å². The molecule has 0 aliphatic carbocycles. The van der Waals surface area contributed by atoms with E-state index in [-0.39, 0.29) is 0 Å². The van der Waals surface area contributed by atoms with E-state index in [1.54, 1.807) is 12.4 Å². The van der Waals surface area contributed by atoms with Gasteiger partial charge in [0.15, 0.2) is 5.82 Å².